The number of hydrogen-bond donors (Lipinski definition) is 1. The summed E-state index contributed by atoms with van der Waals surface area (Å²) in [6, 6.07) is 7.52. The Morgan fingerprint density at radius 2 is 1.81 bits per heavy atom. The van der Waals surface area contributed by atoms with Crippen LogP contribution in [0, 0.1) is 11.8 Å². The quantitative estimate of drug-likeness (QED) is 0.874. The van der Waals surface area contributed by atoms with Gasteiger partial charge in [0.2, 0.25) is 0 Å². The first-order valence-electron chi connectivity index (χ1n) is 7.74. The van der Waals surface area contributed by atoms with Crippen LogP contribution in [0.15, 0.2) is 24.3 Å². The van der Waals surface area contributed by atoms with Crippen LogP contribution in [-0.2, 0) is 0 Å². The highest BCUT2D eigenvalue weighted by atomic mass is 16.5. The van der Waals surface area contributed by atoms with Crippen molar-refractivity contribution in [2.45, 2.75) is 26.4 Å². The van der Waals surface area contributed by atoms with Gasteiger partial charge in [0.05, 0.1) is 7.11 Å². The Balaban J connectivity index is 1.80. The summed E-state index contributed by atoms with van der Waals surface area (Å²) < 4.78 is 10.9. The molecular formula is C17H27NO3. The smallest absolute Gasteiger partial charge is 0.161 e. The molecule has 1 aliphatic rings. The molecule has 1 aromatic rings. The van der Waals surface area contributed by atoms with E-state index in [-0.39, 0.29) is 0 Å². The van der Waals surface area contributed by atoms with Crippen molar-refractivity contribution in [3.8, 4) is 11.5 Å². The maximum absolute atomic E-state index is 10.2. The molecule has 118 valence electrons. The molecule has 1 heterocycles. The number of aliphatic hydroxyl groups is 1. The number of methoxy groups -OCH3 is 1. The molecular weight excluding hydrogens is 266 g/mol. The monoisotopic (exact) mass is 293 g/mol. The van der Waals surface area contributed by atoms with Crippen LogP contribution in [0.2, 0.25) is 0 Å². The number of nitrogens with zero attached hydrogens (tertiary/aromatic N) is 1. The van der Waals surface area contributed by atoms with E-state index in [1.807, 2.05) is 24.3 Å². The van der Waals surface area contributed by atoms with E-state index >= 15 is 0 Å². The predicted molar refractivity (Wildman–Crippen MR) is 83.9 cm³/mol. The normalized spacial score (nSPS) is 24.6. The Labute approximate surface area is 127 Å². The summed E-state index contributed by atoms with van der Waals surface area (Å²) in [5, 5.41) is 10.2. The number of piperidine rings is 1. The van der Waals surface area contributed by atoms with E-state index < -0.39 is 6.10 Å². The first-order valence-corrected chi connectivity index (χ1v) is 7.74. The summed E-state index contributed by atoms with van der Waals surface area (Å²) >= 11 is 0. The van der Waals surface area contributed by atoms with Crippen molar-refractivity contribution in [3.63, 3.8) is 0 Å². The fraction of sp³-hybridized carbons (Fsp3) is 0.647. The molecule has 0 amide bonds. The molecule has 4 heteroatoms. The lowest BCUT2D eigenvalue weighted by Crippen LogP contribution is -2.44. The second-order valence-corrected chi connectivity index (χ2v) is 6.28. The van der Waals surface area contributed by atoms with Gasteiger partial charge in [-0.25, -0.2) is 0 Å². The molecule has 0 radical (unpaired) electrons. The Hall–Kier alpha value is -1.26. The minimum absolute atomic E-state index is 0.291. The van der Waals surface area contributed by atoms with Gasteiger partial charge in [-0.05, 0) is 30.4 Å². The van der Waals surface area contributed by atoms with Crippen molar-refractivity contribution >= 4 is 0 Å². The standard InChI is InChI=1S/C17H27NO3/c1-13-8-14(2)10-18(9-13)11-15(19)12-21-17-7-5-4-6-16(17)20-3/h4-7,13-15,19H,8-12H2,1-3H3/t13-,14-,15+/m0/s1. The molecule has 1 N–H and O–H groups in total. The zero-order valence-corrected chi connectivity index (χ0v) is 13.3. The summed E-state index contributed by atoms with van der Waals surface area (Å²) in [5.74, 6) is 2.79. The van der Waals surface area contributed by atoms with Crippen molar-refractivity contribution < 1.29 is 14.6 Å². The van der Waals surface area contributed by atoms with E-state index in [1.54, 1.807) is 7.11 Å². The second kappa shape index (κ2) is 7.66. The highest BCUT2D eigenvalue weighted by molar-refractivity contribution is 5.39. The minimum atomic E-state index is -0.479. The van der Waals surface area contributed by atoms with Gasteiger partial charge < -0.3 is 19.5 Å². The van der Waals surface area contributed by atoms with Crippen LogP contribution >= 0.6 is 0 Å². The number of aliphatic hydroxyl groups excluding tert-OH is 1. The van der Waals surface area contributed by atoms with Gasteiger partial charge in [-0.2, -0.15) is 0 Å². The largest absolute Gasteiger partial charge is 0.493 e. The van der Waals surface area contributed by atoms with Gasteiger partial charge in [-0.3, -0.25) is 0 Å². The van der Waals surface area contributed by atoms with Gasteiger partial charge in [0.1, 0.15) is 12.7 Å². The lowest BCUT2D eigenvalue weighted by Gasteiger charge is -2.35. The van der Waals surface area contributed by atoms with Crippen molar-refractivity contribution in [1.29, 1.82) is 0 Å². The number of para-hydroxylation sites is 2. The van der Waals surface area contributed by atoms with E-state index in [0.29, 0.717) is 36.5 Å². The van der Waals surface area contributed by atoms with Gasteiger partial charge in [0, 0.05) is 19.6 Å². The molecule has 1 aromatic carbocycles. The second-order valence-electron chi connectivity index (χ2n) is 6.28. The van der Waals surface area contributed by atoms with Crippen LogP contribution in [0.5, 0.6) is 11.5 Å². The Morgan fingerprint density at radius 3 is 2.43 bits per heavy atom. The maximum atomic E-state index is 10.2. The highest BCUT2D eigenvalue weighted by Gasteiger charge is 2.23. The summed E-state index contributed by atoms with van der Waals surface area (Å²) in [6.07, 6.45) is 0.803. The molecule has 2 rings (SSSR count). The first kappa shape index (κ1) is 16.1. The fourth-order valence-corrected chi connectivity index (χ4v) is 3.22. The Morgan fingerprint density at radius 1 is 1.19 bits per heavy atom. The van der Waals surface area contributed by atoms with Crippen molar-refractivity contribution in [2.24, 2.45) is 11.8 Å². The van der Waals surface area contributed by atoms with E-state index in [0.717, 1.165) is 13.1 Å². The fourth-order valence-electron chi connectivity index (χ4n) is 3.22. The van der Waals surface area contributed by atoms with Gasteiger partial charge in [-0.1, -0.05) is 26.0 Å². The number of hydrogen-bond acceptors (Lipinski definition) is 4. The van der Waals surface area contributed by atoms with Crippen LogP contribution in [-0.4, -0.2) is 49.5 Å². The van der Waals surface area contributed by atoms with E-state index in [9.17, 15) is 5.11 Å². The minimum Gasteiger partial charge on any atom is -0.493 e. The van der Waals surface area contributed by atoms with Crippen molar-refractivity contribution in [1.82, 2.24) is 4.90 Å². The zero-order valence-electron chi connectivity index (χ0n) is 13.3. The highest BCUT2D eigenvalue weighted by Crippen LogP contribution is 2.26. The van der Waals surface area contributed by atoms with E-state index in [1.165, 1.54) is 6.42 Å². The van der Waals surface area contributed by atoms with Crippen LogP contribution < -0.4 is 9.47 Å². The lowest BCUT2D eigenvalue weighted by molar-refractivity contribution is 0.0423. The van der Waals surface area contributed by atoms with Gasteiger partial charge in [-0.15, -0.1) is 0 Å². The molecule has 1 aliphatic heterocycles. The maximum Gasteiger partial charge on any atom is 0.161 e. The van der Waals surface area contributed by atoms with Gasteiger partial charge in [0.15, 0.2) is 11.5 Å². The molecule has 0 aromatic heterocycles. The van der Waals surface area contributed by atoms with E-state index in [2.05, 4.69) is 18.7 Å². The number of benzene rings is 1. The summed E-state index contributed by atoms with van der Waals surface area (Å²) in [6.45, 7) is 7.65. The molecule has 4 nitrogen and oxygen atoms in total. The van der Waals surface area contributed by atoms with Crippen molar-refractivity contribution in [3.05, 3.63) is 24.3 Å². The average molecular weight is 293 g/mol. The summed E-state index contributed by atoms with van der Waals surface area (Å²) in [7, 11) is 1.62. The Bertz CT molecular complexity index is 428. The van der Waals surface area contributed by atoms with Crippen LogP contribution in [0.25, 0.3) is 0 Å². The number of likely N-dealkylation sites (tertiary alicyclic amines) is 1. The van der Waals surface area contributed by atoms with E-state index in [4.69, 9.17) is 9.47 Å². The SMILES string of the molecule is COc1ccccc1OC[C@H](O)CN1C[C@@H](C)C[C@H](C)C1. The number of ether oxygens (including phenoxy) is 2. The third-order valence-corrected chi connectivity index (χ3v) is 3.91. The van der Waals surface area contributed by atoms with Crippen LogP contribution in [0.4, 0.5) is 0 Å². The molecule has 0 bridgehead atoms. The first-order chi connectivity index (χ1) is 10.1. The molecule has 3 atom stereocenters. The zero-order chi connectivity index (χ0) is 15.2. The lowest BCUT2D eigenvalue weighted by atomic mass is 9.92. The van der Waals surface area contributed by atoms with Gasteiger partial charge in [0.25, 0.3) is 0 Å². The van der Waals surface area contributed by atoms with Crippen molar-refractivity contribution in [2.75, 3.05) is 33.4 Å². The third kappa shape index (κ3) is 4.90. The molecule has 0 aliphatic carbocycles. The van der Waals surface area contributed by atoms with Crippen LogP contribution in [0.3, 0.4) is 0 Å². The Kier molecular flexibility index (Phi) is 5.88. The molecule has 0 spiro atoms. The molecule has 1 fully saturated rings. The average Bonchev–Trinajstić information content (AvgIpc) is 2.44. The predicted octanol–water partition coefficient (Wildman–Crippen LogP) is 2.41. The number of β-amino-alcohol motifs (C(OH)–C–C–N with tert-alkyl or cyclic N) is 1. The molecule has 21 heavy (non-hydrogen) atoms. The summed E-state index contributed by atoms with van der Waals surface area (Å²) in [4.78, 5) is 2.34. The molecule has 1 saturated heterocycles. The molecule has 0 unspecified atom stereocenters. The van der Waals surface area contributed by atoms with Gasteiger partial charge >= 0.3 is 0 Å². The summed E-state index contributed by atoms with van der Waals surface area (Å²) in [5.41, 5.74) is 0. The number of rotatable bonds is 6. The molecule has 0 saturated carbocycles. The van der Waals surface area contributed by atoms with Crippen LogP contribution in [0.1, 0.15) is 20.3 Å². The topological polar surface area (TPSA) is 41.9 Å². The third-order valence-electron chi connectivity index (χ3n) is 3.91.